The summed E-state index contributed by atoms with van der Waals surface area (Å²) in [4.78, 5) is 4.30. The van der Waals surface area contributed by atoms with Gasteiger partial charge in [0.25, 0.3) is 0 Å². The molecule has 0 fully saturated rings. The Balaban J connectivity index is 2.72. The van der Waals surface area contributed by atoms with Gasteiger partial charge >= 0.3 is 0 Å². The second-order valence-electron chi connectivity index (χ2n) is 3.80. The van der Waals surface area contributed by atoms with Gasteiger partial charge in [-0.05, 0) is 26.0 Å². The van der Waals surface area contributed by atoms with E-state index in [1.54, 1.807) is 0 Å². The van der Waals surface area contributed by atoms with Crippen LogP contribution < -0.4 is 5.73 Å². The zero-order valence-corrected chi connectivity index (χ0v) is 7.86. The van der Waals surface area contributed by atoms with Crippen LogP contribution in [0.3, 0.4) is 0 Å². The molecule has 2 aromatic rings. The molecule has 0 aliphatic rings. The summed E-state index contributed by atoms with van der Waals surface area (Å²) in [6, 6.07) is 5.98. The highest BCUT2D eigenvalue weighted by Crippen LogP contribution is 2.16. The molecule has 2 heterocycles. The Kier molecular flexibility index (Phi) is 1.63. The second kappa shape index (κ2) is 2.57. The highest BCUT2D eigenvalue weighted by molar-refractivity contribution is 5.46. The minimum Gasteiger partial charge on any atom is -0.319 e. The lowest BCUT2D eigenvalue weighted by atomic mass is 10.1. The summed E-state index contributed by atoms with van der Waals surface area (Å²) in [7, 11) is 0. The zero-order valence-electron chi connectivity index (χ0n) is 7.86. The van der Waals surface area contributed by atoms with Crippen molar-refractivity contribution in [3.8, 4) is 0 Å². The van der Waals surface area contributed by atoms with Crippen LogP contribution in [0.15, 0.2) is 30.6 Å². The van der Waals surface area contributed by atoms with E-state index < -0.39 is 5.54 Å². The van der Waals surface area contributed by atoms with Gasteiger partial charge in [-0.25, -0.2) is 4.98 Å². The van der Waals surface area contributed by atoms with E-state index in [9.17, 15) is 0 Å². The van der Waals surface area contributed by atoms with E-state index in [-0.39, 0.29) is 0 Å². The molecule has 0 aromatic carbocycles. The zero-order chi connectivity index (χ0) is 9.47. The molecular weight excluding hydrogens is 162 g/mol. The first-order valence-electron chi connectivity index (χ1n) is 4.30. The van der Waals surface area contributed by atoms with Gasteiger partial charge in [-0.15, -0.1) is 0 Å². The first-order valence-corrected chi connectivity index (χ1v) is 4.30. The Labute approximate surface area is 77.2 Å². The predicted molar refractivity (Wildman–Crippen MR) is 52.4 cm³/mol. The third-order valence-electron chi connectivity index (χ3n) is 2.02. The minimum atomic E-state index is -0.395. The van der Waals surface area contributed by atoms with Crippen molar-refractivity contribution in [1.82, 2.24) is 9.38 Å². The first kappa shape index (κ1) is 8.26. The molecule has 2 aromatic heterocycles. The van der Waals surface area contributed by atoms with Crippen LogP contribution in [0.2, 0.25) is 0 Å². The Morgan fingerprint density at radius 1 is 1.38 bits per heavy atom. The van der Waals surface area contributed by atoms with Crippen LogP contribution in [0.25, 0.3) is 5.52 Å². The summed E-state index contributed by atoms with van der Waals surface area (Å²) in [5.74, 6) is 0.892. The van der Waals surface area contributed by atoms with E-state index in [1.165, 1.54) is 0 Å². The first-order chi connectivity index (χ1) is 6.09. The molecule has 13 heavy (non-hydrogen) atoms. The van der Waals surface area contributed by atoms with Gasteiger partial charge in [-0.3, -0.25) is 0 Å². The van der Waals surface area contributed by atoms with Gasteiger partial charge in [0, 0.05) is 6.20 Å². The van der Waals surface area contributed by atoms with E-state index in [1.807, 2.05) is 48.8 Å². The number of nitrogens with two attached hydrogens (primary N) is 1. The van der Waals surface area contributed by atoms with E-state index >= 15 is 0 Å². The predicted octanol–water partition coefficient (Wildman–Crippen LogP) is 1.53. The van der Waals surface area contributed by atoms with Gasteiger partial charge in [0.15, 0.2) is 0 Å². The molecule has 0 spiro atoms. The van der Waals surface area contributed by atoms with Crippen molar-refractivity contribution in [2.45, 2.75) is 19.4 Å². The van der Waals surface area contributed by atoms with Gasteiger partial charge in [-0.2, -0.15) is 0 Å². The van der Waals surface area contributed by atoms with Crippen molar-refractivity contribution in [3.63, 3.8) is 0 Å². The number of imidazole rings is 1. The lowest BCUT2D eigenvalue weighted by Crippen LogP contribution is -2.31. The number of hydrogen-bond acceptors (Lipinski definition) is 2. The van der Waals surface area contributed by atoms with E-state index in [4.69, 9.17) is 5.73 Å². The third-order valence-corrected chi connectivity index (χ3v) is 2.02. The minimum absolute atomic E-state index is 0.395. The molecule has 0 bridgehead atoms. The highest BCUT2D eigenvalue weighted by atomic mass is 15.0. The molecule has 0 unspecified atom stereocenters. The Morgan fingerprint density at radius 3 is 2.85 bits per heavy atom. The van der Waals surface area contributed by atoms with Gasteiger partial charge in [-0.1, -0.05) is 6.07 Å². The molecular formula is C10H13N3. The van der Waals surface area contributed by atoms with Crippen LogP contribution in [-0.4, -0.2) is 9.38 Å². The fourth-order valence-electron chi connectivity index (χ4n) is 1.42. The lowest BCUT2D eigenvalue weighted by molar-refractivity contribution is 0.512. The van der Waals surface area contributed by atoms with Crippen molar-refractivity contribution < 1.29 is 0 Å². The smallest absolute Gasteiger partial charge is 0.132 e. The molecule has 3 nitrogen and oxygen atoms in total. The largest absolute Gasteiger partial charge is 0.319 e. The maximum atomic E-state index is 5.98. The molecule has 3 heteroatoms. The van der Waals surface area contributed by atoms with E-state index in [0.29, 0.717) is 0 Å². The molecule has 0 radical (unpaired) electrons. The third kappa shape index (κ3) is 1.31. The van der Waals surface area contributed by atoms with Crippen molar-refractivity contribution in [1.29, 1.82) is 0 Å². The van der Waals surface area contributed by atoms with Crippen molar-refractivity contribution in [2.75, 3.05) is 0 Å². The number of aromatic nitrogens is 2. The Bertz CT molecular complexity index is 423. The fourth-order valence-corrected chi connectivity index (χ4v) is 1.42. The number of hydrogen-bond donors (Lipinski definition) is 1. The van der Waals surface area contributed by atoms with Crippen LogP contribution in [0, 0.1) is 0 Å². The van der Waals surface area contributed by atoms with Crippen LogP contribution in [0.4, 0.5) is 0 Å². The van der Waals surface area contributed by atoms with E-state index in [2.05, 4.69) is 4.98 Å². The van der Waals surface area contributed by atoms with Crippen LogP contribution >= 0.6 is 0 Å². The van der Waals surface area contributed by atoms with Crippen LogP contribution in [0.1, 0.15) is 19.7 Å². The molecule has 2 rings (SSSR count). The fraction of sp³-hybridized carbons (Fsp3) is 0.300. The quantitative estimate of drug-likeness (QED) is 0.714. The van der Waals surface area contributed by atoms with Gasteiger partial charge in [0.05, 0.1) is 17.3 Å². The van der Waals surface area contributed by atoms with Crippen LogP contribution in [-0.2, 0) is 5.54 Å². The van der Waals surface area contributed by atoms with Crippen LogP contribution in [0.5, 0.6) is 0 Å². The standard InChI is InChI=1S/C10H13N3/c1-10(2,11)9-12-7-8-5-3-4-6-13(8)9/h3-7H,11H2,1-2H3. The summed E-state index contributed by atoms with van der Waals surface area (Å²) in [6.07, 6.45) is 3.82. The summed E-state index contributed by atoms with van der Waals surface area (Å²) >= 11 is 0. The summed E-state index contributed by atoms with van der Waals surface area (Å²) in [5, 5.41) is 0. The average Bonchev–Trinajstić information content (AvgIpc) is 2.45. The molecule has 0 aliphatic carbocycles. The SMILES string of the molecule is CC(C)(N)c1ncc2ccccn12. The number of rotatable bonds is 1. The Hall–Kier alpha value is -1.35. The maximum absolute atomic E-state index is 5.98. The van der Waals surface area contributed by atoms with Crippen molar-refractivity contribution >= 4 is 5.52 Å². The number of pyridine rings is 1. The molecule has 2 N–H and O–H groups in total. The summed E-state index contributed by atoms with van der Waals surface area (Å²) in [5.41, 5.74) is 6.67. The number of fused-ring (bicyclic) bond motifs is 1. The van der Waals surface area contributed by atoms with Gasteiger partial charge in [0.2, 0.25) is 0 Å². The Morgan fingerprint density at radius 2 is 2.15 bits per heavy atom. The monoisotopic (exact) mass is 175 g/mol. The van der Waals surface area contributed by atoms with Gasteiger partial charge in [0.1, 0.15) is 5.82 Å². The van der Waals surface area contributed by atoms with Gasteiger partial charge < -0.3 is 10.1 Å². The highest BCUT2D eigenvalue weighted by Gasteiger charge is 2.19. The molecule has 68 valence electrons. The van der Waals surface area contributed by atoms with E-state index in [0.717, 1.165) is 11.3 Å². The number of nitrogens with zero attached hydrogens (tertiary/aromatic N) is 2. The van der Waals surface area contributed by atoms with Crippen molar-refractivity contribution in [2.24, 2.45) is 5.73 Å². The summed E-state index contributed by atoms with van der Waals surface area (Å²) < 4.78 is 2.01. The topological polar surface area (TPSA) is 43.3 Å². The normalized spacial score (nSPS) is 12.2. The summed E-state index contributed by atoms with van der Waals surface area (Å²) in [6.45, 7) is 3.91. The maximum Gasteiger partial charge on any atom is 0.132 e. The second-order valence-corrected chi connectivity index (χ2v) is 3.80. The lowest BCUT2D eigenvalue weighted by Gasteiger charge is -2.16. The van der Waals surface area contributed by atoms with Crippen molar-refractivity contribution in [3.05, 3.63) is 36.4 Å². The molecule has 0 saturated heterocycles. The average molecular weight is 175 g/mol. The molecule has 0 saturated carbocycles. The molecule has 0 aliphatic heterocycles. The molecule has 0 amide bonds. The molecule has 0 atom stereocenters.